The van der Waals surface area contributed by atoms with Crippen molar-refractivity contribution in [2.75, 3.05) is 12.3 Å². The number of hydrogen-bond acceptors (Lipinski definition) is 4. The smallest absolute Gasteiger partial charge is 0.344 e. The molecule has 0 saturated heterocycles. The Morgan fingerprint density at radius 3 is 2.67 bits per heavy atom. The van der Waals surface area contributed by atoms with E-state index in [0.717, 1.165) is 5.56 Å². The Kier molecular flexibility index (Phi) is 3.32. The Hall–Kier alpha value is -2.30. The van der Waals surface area contributed by atoms with Gasteiger partial charge in [0.25, 0.3) is 0 Å². The number of benzene rings is 1. The number of rotatable bonds is 3. The molecule has 2 aromatic rings. The van der Waals surface area contributed by atoms with E-state index >= 15 is 0 Å². The summed E-state index contributed by atoms with van der Waals surface area (Å²) in [5.74, 6) is -0.130. The number of carbonyl (C=O) groups excluding carboxylic acids is 1. The van der Waals surface area contributed by atoms with E-state index < -0.39 is 5.97 Å². The maximum Gasteiger partial charge on any atom is 0.344 e. The van der Waals surface area contributed by atoms with Crippen LogP contribution in [0.4, 0.5) is 5.82 Å². The zero-order valence-corrected chi connectivity index (χ0v) is 10.4. The summed E-state index contributed by atoms with van der Waals surface area (Å²) in [5.41, 5.74) is 7.59. The van der Waals surface area contributed by atoms with Gasteiger partial charge in [0, 0.05) is 12.6 Å². The van der Waals surface area contributed by atoms with Crippen LogP contribution in [0.5, 0.6) is 0 Å². The molecule has 1 aromatic carbocycles. The Bertz CT molecular complexity index is 561. The van der Waals surface area contributed by atoms with Gasteiger partial charge in [-0.15, -0.1) is 0 Å². The van der Waals surface area contributed by atoms with Crippen LogP contribution in [-0.4, -0.2) is 22.4 Å². The van der Waals surface area contributed by atoms with Gasteiger partial charge in [-0.25, -0.2) is 4.79 Å². The Morgan fingerprint density at radius 2 is 2.06 bits per heavy atom. The first-order chi connectivity index (χ1) is 8.65. The molecule has 0 fully saturated rings. The Labute approximate surface area is 105 Å². The van der Waals surface area contributed by atoms with E-state index in [2.05, 4.69) is 5.10 Å². The third-order valence-corrected chi connectivity index (χ3v) is 2.62. The van der Waals surface area contributed by atoms with E-state index in [0.29, 0.717) is 23.7 Å². The number of aryl methyl sites for hydroxylation is 1. The van der Waals surface area contributed by atoms with Gasteiger partial charge in [-0.05, 0) is 6.92 Å². The van der Waals surface area contributed by atoms with E-state index in [1.54, 1.807) is 14.0 Å². The van der Waals surface area contributed by atoms with Gasteiger partial charge < -0.3 is 10.5 Å². The molecule has 0 atom stereocenters. The maximum atomic E-state index is 11.9. The van der Waals surface area contributed by atoms with E-state index in [9.17, 15) is 4.79 Å². The van der Waals surface area contributed by atoms with Crippen LogP contribution in [0.15, 0.2) is 30.3 Å². The summed E-state index contributed by atoms with van der Waals surface area (Å²) in [6, 6.07) is 9.43. The van der Waals surface area contributed by atoms with Gasteiger partial charge in [-0.3, -0.25) is 4.68 Å². The Balaban J connectivity index is 2.55. The molecule has 0 radical (unpaired) electrons. The molecule has 2 N–H and O–H groups in total. The molecule has 2 rings (SSSR count). The zero-order valence-electron chi connectivity index (χ0n) is 10.4. The highest BCUT2D eigenvalue weighted by molar-refractivity contribution is 6.00. The summed E-state index contributed by atoms with van der Waals surface area (Å²) in [5, 5.41) is 4.27. The van der Waals surface area contributed by atoms with Crippen molar-refractivity contribution in [1.29, 1.82) is 0 Å². The van der Waals surface area contributed by atoms with E-state index in [-0.39, 0.29) is 0 Å². The minimum atomic E-state index is -0.443. The first kappa shape index (κ1) is 12.2. The standard InChI is InChI=1S/C13H15N3O2/c1-3-18-13(17)10-11(15-16(2)12(10)14)9-7-5-4-6-8-9/h4-8H,3,14H2,1-2H3. The topological polar surface area (TPSA) is 70.1 Å². The van der Waals surface area contributed by atoms with Gasteiger partial charge >= 0.3 is 5.97 Å². The molecule has 1 aromatic heterocycles. The lowest BCUT2D eigenvalue weighted by Crippen LogP contribution is -2.08. The number of hydrogen-bond donors (Lipinski definition) is 1. The first-order valence-electron chi connectivity index (χ1n) is 5.70. The summed E-state index contributed by atoms with van der Waals surface area (Å²) in [6.07, 6.45) is 0. The summed E-state index contributed by atoms with van der Waals surface area (Å²) < 4.78 is 6.49. The molecular weight excluding hydrogens is 230 g/mol. The number of aromatic nitrogens is 2. The molecule has 94 valence electrons. The summed E-state index contributed by atoms with van der Waals surface area (Å²) >= 11 is 0. The number of carbonyl (C=O) groups is 1. The lowest BCUT2D eigenvalue weighted by molar-refractivity contribution is 0.0528. The van der Waals surface area contributed by atoms with Crippen molar-refractivity contribution in [2.45, 2.75) is 6.92 Å². The van der Waals surface area contributed by atoms with E-state index in [1.807, 2.05) is 30.3 Å². The molecule has 18 heavy (non-hydrogen) atoms. The zero-order chi connectivity index (χ0) is 13.1. The monoisotopic (exact) mass is 245 g/mol. The average Bonchev–Trinajstić information content (AvgIpc) is 2.67. The van der Waals surface area contributed by atoms with Crippen LogP contribution >= 0.6 is 0 Å². The van der Waals surface area contributed by atoms with Gasteiger partial charge in [0.2, 0.25) is 0 Å². The fourth-order valence-electron chi connectivity index (χ4n) is 1.74. The van der Waals surface area contributed by atoms with Crippen molar-refractivity contribution < 1.29 is 9.53 Å². The highest BCUT2D eigenvalue weighted by Gasteiger charge is 2.22. The summed E-state index contributed by atoms with van der Waals surface area (Å²) in [6.45, 7) is 2.06. The maximum absolute atomic E-state index is 11.9. The predicted octanol–water partition coefficient (Wildman–Crippen LogP) is 1.85. The lowest BCUT2D eigenvalue weighted by atomic mass is 10.1. The number of nitrogens with two attached hydrogens (primary N) is 1. The number of nitrogens with zero attached hydrogens (tertiary/aromatic N) is 2. The molecule has 0 aliphatic heterocycles. The van der Waals surface area contributed by atoms with Crippen molar-refractivity contribution in [2.24, 2.45) is 7.05 Å². The van der Waals surface area contributed by atoms with Crippen LogP contribution in [0.2, 0.25) is 0 Å². The number of esters is 1. The van der Waals surface area contributed by atoms with Crippen LogP contribution in [0.25, 0.3) is 11.3 Å². The molecule has 0 amide bonds. The molecule has 0 spiro atoms. The van der Waals surface area contributed by atoms with Crippen LogP contribution in [-0.2, 0) is 11.8 Å². The summed E-state index contributed by atoms with van der Waals surface area (Å²) in [4.78, 5) is 11.9. The van der Waals surface area contributed by atoms with Gasteiger partial charge in [0.05, 0.1) is 6.61 Å². The highest BCUT2D eigenvalue weighted by Crippen LogP contribution is 2.27. The molecule has 5 heteroatoms. The van der Waals surface area contributed by atoms with Gasteiger partial charge in [-0.1, -0.05) is 30.3 Å². The normalized spacial score (nSPS) is 10.3. The van der Waals surface area contributed by atoms with Crippen LogP contribution in [0, 0.1) is 0 Å². The minimum absolute atomic E-state index is 0.307. The van der Waals surface area contributed by atoms with E-state index in [4.69, 9.17) is 10.5 Å². The van der Waals surface area contributed by atoms with Crippen molar-refractivity contribution in [3.05, 3.63) is 35.9 Å². The molecule has 5 nitrogen and oxygen atoms in total. The van der Waals surface area contributed by atoms with Crippen molar-refractivity contribution in [3.63, 3.8) is 0 Å². The molecule has 0 saturated carbocycles. The number of ether oxygens (including phenoxy) is 1. The molecule has 0 unspecified atom stereocenters. The van der Waals surface area contributed by atoms with Crippen LogP contribution < -0.4 is 5.73 Å². The third-order valence-electron chi connectivity index (χ3n) is 2.62. The minimum Gasteiger partial charge on any atom is -0.462 e. The second-order valence-corrected chi connectivity index (χ2v) is 3.82. The number of anilines is 1. The Morgan fingerprint density at radius 1 is 1.39 bits per heavy atom. The molecular formula is C13H15N3O2. The fraction of sp³-hybridized carbons (Fsp3) is 0.231. The SMILES string of the molecule is CCOC(=O)c1c(-c2ccccc2)nn(C)c1N. The average molecular weight is 245 g/mol. The second kappa shape index (κ2) is 4.91. The molecule has 0 aliphatic rings. The largest absolute Gasteiger partial charge is 0.462 e. The third kappa shape index (κ3) is 2.07. The van der Waals surface area contributed by atoms with Gasteiger partial charge in [-0.2, -0.15) is 5.10 Å². The predicted molar refractivity (Wildman–Crippen MR) is 69.0 cm³/mol. The molecule has 0 bridgehead atoms. The molecule has 1 heterocycles. The second-order valence-electron chi connectivity index (χ2n) is 3.82. The fourth-order valence-corrected chi connectivity index (χ4v) is 1.74. The van der Waals surface area contributed by atoms with E-state index in [1.165, 1.54) is 4.68 Å². The first-order valence-corrected chi connectivity index (χ1v) is 5.70. The number of nitrogen functional groups attached to an aromatic ring is 1. The van der Waals surface area contributed by atoms with Crippen molar-refractivity contribution in [1.82, 2.24) is 9.78 Å². The lowest BCUT2D eigenvalue weighted by Gasteiger charge is -2.03. The summed E-state index contributed by atoms with van der Waals surface area (Å²) in [7, 11) is 1.70. The van der Waals surface area contributed by atoms with Crippen LogP contribution in [0.1, 0.15) is 17.3 Å². The van der Waals surface area contributed by atoms with Crippen molar-refractivity contribution >= 4 is 11.8 Å². The van der Waals surface area contributed by atoms with Crippen LogP contribution in [0.3, 0.4) is 0 Å². The molecule has 0 aliphatic carbocycles. The van der Waals surface area contributed by atoms with Gasteiger partial charge in [0.15, 0.2) is 0 Å². The van der Waals surface area contributed by atoms with Gasteiger partial charge in [0.1, 0.15) is 17.1 Å². The quantitative estimate of drug-likeness (QED) is 0.838. The van der Waals surface area contributed by atoms with Crippen molar-refractivity contribution in [3.8, 4) is 11.3 Å². The highest BCUT2D eigenvalue weighted by atomic mass is 16.5.